The van der Waals surface area contributed by atoms with Gasteiger partial charge in [0.2, 0.25) is 5.91 Å². The third kappa shape index (κ3) is 3.34. The van der Waals surface area contributed by atoms with Crippen LogP contribution in [0.3, 0.4) is 0 Å². The van der Waals surface area contributed by atoms with E-state index < -0.39 is 17.6 Å². The van der Waals surface area contributed by atoms with Gasteiger partial charge in [-0.2, -0.15) is 13.2 Å². The molecular weight excluding hydrogens is 233 g/mol. The van der Waals surface area contributed by atoms with Crippen molar-refractivity contribution >= 4 is 5.91 Å². The van der Waals surface area contributed by atoms with E-state index in [4.69, 9.17) is 0 Å². The van der Waals surface area contributed by atoms with E-state index in [1.807, 2.05) is 6.92 Å². The predicted octanol–water partition coefficient (Wildman–Crippen LogP) is 2.48. The van der Waals surface area contributed by atoms with Crippen LogP contribution in [0.4, 0.5) is 13.2 Å². The molecule has 1 aliphatic heterocycles. The van der Waals surface area contributed by atoms with Crippen LogP contribution in [-0.4, -0.2) is 29.7 Å². The number of rotatable bonds is 4. The summed E-state index contributed by atoms with van der Waals surface area (Å²) in [4.78, 5) is 11.5. The van der Waals surface area contributed by atoms with Crippen LogP contribution >= 0.6 is 0 Å². The van der Waals surface area contributed by atoms with Gasteiger partial charge in [-0.25, -0.2) is 5.01 Å². The highest BCUT2D eigenvalue weighted by Crippen LogP contribution is 2.33. The number of hydrogen-bond donors (Lipinski definition) is 1. The van der Waals surface area contributed by atoms with Gasteiger partial charge in [-0.05, 0) is 20.3 Å². The zero-order chi connectivity index (χ0) is 13.3. The summed E-state index contributed by atoms with van der Waals surface area (Å²) in [5.41, 5.74) is 1.58. The summed E-state index contributed by atoms with van der Waals surface area (Å²) >= 11 is 0. The lowest BCUT2D eigenvalue weighted by molar-refractivity contribution is -0.190. The number of nitrogens with zero attached hydrogens (tertiary/aromatic N) is 1. The summed E-state index contributed by atoms with van der Waals surface area (Å²) in [6.45, 7) is 5.24. The number of hydrogen-bond acceptors (Lipinski definition) is 2. The van der Waals surface area contributed by atoms with Gasteiger partial charge in [-0.3, -0.25) is 10.2 Å². The number of carbonyl (C=O) groups excluding carboxylic acids is 1. The van der Waals surface area contributed by atoms with Gasteiger partial charge in [-0.15, -0.1) is 0 Å². The molecular formula is C11H19F3N2O. The third-order valence-corrected chi connectivity index (χ3v) is 3.01. The average Bonchev–Trinajstić information content (AvgIpc) is 2.39. The van der Waals surface area contributed by atoms with Crippen molar-refractivity contribution in [3.63, 3.8) is 0 Å². The summed E-state index contributed by atoms with van der Waals surface area (Å²) in [6.07, 6.45) is -3.08. The Morgan fingerprint density at radius 1 is 1.47 bits per heavy atom. The largest absolute Gasteiger partial charge is 0.405 e. The Balaban J connectivity index is 2.76. The van der Waals surface area contributed by atoms with Gasteiger partial charge >= 0.3 is 6.18 Å². The lowest BCUT2D eigenvalue weighted by Crippen LogP contribution is -2.49. The molecule has 0 bridgehead atoms. The van der Waals surface area contributed by atoms with Gasteiger partial charge < -0.3 is 0 Å². The number of amides is 1. The highest BCUT2D eigenvalue weighted by molar-refractivity contribution is 5.83. The number of carbonyl (C=O) groups is 1. The number of unbranched alkanes of at least 4 members (excludes halogenated alkanes) is 1. The molecule has 1 fully saturated rings. The standard InChI is InChI=1S/C11H19F3N2O/c1-4-5-6-8(11(12,13)14)16-7-10(2,3)9(17)15-16/h8H,4-7H2,1-3H3,(H,15,17). The van der Waals surface area contributed by atoms with Gasteiger partial charge in [0.1, 0.15) is 6.04 Å². The van der Waals surface area contributed by atoms with Crippen molar-refractivity contribution in [1.82, 2.24) is 10.4 Å². The minimum atomic E-state index is -4.30. The molecule has 0 spiro atoms. The van der Waals surface area contributed by atoms with Crippen LogP contribution in [0.2, 0.25) is 0 Å². The minimum Gasteiger partial charge on any atom is -0.288 e. The molecule has 0 aromatic heterocycles. The van der Waals surface area contributed by atoms with Crippen molar-refractivity contribution in [2.75, 3.05) is 6.54 Å². The molecule has 1 amide bonds. The summed E-state index contributed by atoms with van der Waals surface area (Å²) < 4.78 is 38.6. The maximum Gasteiger partial charge on any atom is 0.405 e. The molecule has 1 rings (SSSR count). The van der Waals surface area contributed by atoms with Crippen molar-refractivity contribution in [1.29, 1.82) is 0 Å². The van der Waals surface area contributed by atoms with Gasteiger partial charge in [0.05, 0.1) is 5.41 Å². The fourth-order valence-electron chi connectivity index (χ4n) is 1.90. The molecule has 0 saturated carbocycles. The van der Waals surface area contributed by atoms with Gasteiger partial charge in [-0.1, -0.05) is 19.8 Å². The van der Waals surface area contributed by atoms with Crippen LogP contribution in [0.15, 0.2) is 0 Å². The number of hydrazine groups is 1. The molecule has 0 aromatic carbocycles. The van der Waals surface area contributed by atoms with E-state index >= 15 is 0 Å². The topological polar surface area (TPSA) is 32.3 Å². The van der Waals surface area contributed by atoms with E-state index in [9.17, 15) is 18.0 Å². The Labute approximate surface area is 99.3 Å². The highest BCUT2D eigenvalue weighted by Gasteiger charge is 2.49. The normalized spacial score (nSPS) is 22.6. The van der Waals surface area contributed by atoms with Crippen LogP contribution in [0.1, 0.15) is 40.0 Å². The molecule has 1 heterocycles. The van der Waals surface area contributed by atoms with Gasteiger partial charge in [0.25, 0.3) is 0 Å². The van der Waals surface area contributed by atoms with E-state index in [1.165, 1.54) is 0 Å². The first-order chi connectivity index (χ1) is 7.68. The highest BCUT2D eigenvalue weighted by atomic mass is 19.4. The SMILES string of the molecule is CCCCC(N1CC(C)(C)C(=O)N1)C(F)(F)F. The second kappa shape index (κ2) is 4.84. The number of nitrogens with one attached hydrogen (secondary N) is 1. The van der Waals surface area contributed by atoms with Gasteiger partial charge in [0.15, 0.2) is 0 Å². The Bertz CT molecular complexity index is 289. The van der Waals surface area contributed by atoms with Crippen LogP contribution in [0.5, 0.6) is 0 Å². The monoisotopic (exact) mass is 252 g/mol. The van der Waals surface area contributed by atoms with E-state index in [1.54, 1.807) is 13.8 Å². The zero-order valence-corrected chi connectivity index (χ0v) is 10.4. The van der Waals surface area contributed by atoms with E-state index in [0.29, 0.717) is 12.8 Å². The molecule has 1 N–H and O–H groups in total. The summed E-state index contributed by atoms with van der Waals surface area (Å²) in [5, 5.41) is 1.04. The summed E-state index contributed by atoms with van der Waals surface area (Å²) in [5.74, 6) is -0.344. The van der Waals surface area contributed by atoms with Crippen LogP contribution < -0.4 is 5.43 Å². The van der Waals surface area contributed by atoms with Crippen molar-refractivity contribution in [2.24, 2.45) is 5.41 Å². The third-order valence-electron chi connectivity index (χ3n) is 3.01. The molecule has 1 aliphatic rings. The first-order valence-electron chi connectivity index (χ1n) is 5.83. The van der Waals surface area contributed by atoms with Crippen LogP contribution in [-0.2, 0) is 4.79 Å². The van der Waals surface area contributed by atoms with E-state index in [-0.39, 0.29) is 18.9 Å². The van der Waals surface area contributed by atoms with Crippen molar-refractivity contribution in [3.05, 3.63) is 0 Å². The summed E-state index contributed by atoms with van der Waals surface area (Å²) in [7, 11) is 0. The molecule has 1 atom stereocenters. The molecule has 1 saturated heterocycles. The van der Waals surface area contributed by atoms with Gasteiger partial charge in [0, 0.05) is 6.54 Å². The minimum absolute atomic E-state index is 0.0242. The Morgan fingerprint density at radius 3 is 2.41 bits per heavy atom. The second-order valence-corrected chi connectivity index (χ2v) is 5.15. The second-order valence-electron chi connectivity index (χ2n) is 5.15. The molecule has 17 heavy (non-hydrogen) atoms. The quantitative estimate of drug-likeness (QED) is 0.833. The lowest BCUT2D eigenvalue weighted by atomic mass is 9.94. The average molecular weight is 252 g/mol. The number of alkyl halides is 3. The van der Waals surface area contributed by atoms with E-state index in [0.717, 1.165) is 5.01 Å². The Kier molecular flexibility index (Phi) is 4.06. The van der Waals surface area contributed by atoms with Crippen molar-refractivity contribution in [2.45, 2.75) is 52.3 Å². The molecule has 0 aromatic rings. The predicted molar refractivity (Wildman–Crippen MR) is 58.0 cm³/mol. The maximum absolute atomic E-state index is 12.9. The molecule has 100 valence electrons. The first kappa shape index (κ1) is 14.3. The Morgan fingerprint density at radius 2 is 2.06 bits per heavy atom. The van der Waals surface area contributed by atoms with E-state index in [2.05, 4.69) is 5.43 Å². The smallest absolute Gasteiger partial charge is 0.288 e. The molecule has 6 heteroatoms. The van der Waals surface area contributed by atoms with Crippen LogP contribution in [0, 0.1) is 5.41 Å². The zero-order valence-electron chi connectivity index (χ0n) is 10.4. The maximum atomic E-state index is 12.9. The molecule has 0 radical (unpaired) electrons. The van der Waals surface area contributed by atoms with Crippen molar-refractivity contribution < 1.29 is 18.0 Å². The summed E-state index contributed by atoms with van der Waals surface area (Å²) in [6, 6.07) is -1.58. The Hall–Kier alpha value is -0.780. The van der Waals surface area contributed by atoms with Crippen molar-refractivity contribution in [3.8, 4) is 0 Å². The fraction of sp³-hybridized carbons (Fsp3) is 0.909. The number of halogens is 3. The first-order valence-corrected chi connectivity index (χ1v) is 5.83. The lowest BCUT2D eigenvalue weighted by Gasteiger charge is -2.29. The van der Waals surface area contributed by atoms with Crippen LogP contribution in [0.25, 0.3) is 0 Å². The molecule has 3 nitrogen and oxygen atoms in total. The molecule has 0 aliphatic carbocycles. The molecule has 1 unspecified atom stereocenters. The fourth-order valence-corrected chi connectivity index (χ4v) is 1.90.